The van der Waals surface area contributed by atoms with E-state index in [9.17, 15) is 0 Å². The van der Waals surface area contributed by atoms with Gasteiger partial charge in [0.05, 0.1) is 25.9 Å². The number of aliphatic imine (C=N–C) groups is 1. The van der Waals surface area contributed by atoms with Crippen molar-refractivity contribution >= 4 is 5.96 Å². The smallest absolute Gasteiger partial charge is 0.191 e. The molecule has 0 aromatic carbocycles. The first-order valence-corrected chi connectivity index (χ1v) is 12.3. The predicted octanol–water partition coefficient (Wildman–Crippen LogP) is 2.53. The lowest BCUT2D eigenvalue weighted by Gasteiger charge is -2.63. The van der Waals surface area contributed by atoms with Crippen molar-refractivity contribution in [3.05, 3.63) is 0 Å². The van der Waals surface area contributed by atoms with E-state index >= 15 is 0 Å². The molecule has 5 fully saturated rings. The quantitative estimate of drug-likeness (QED) is 0.545. The highest BCUT2D eigenvalue weighted by Gasteiger charge is 2.66. The summed E-state index contributed by atoms with van der Waals surface area (Å²) >= 11 is 0. The van der Waals surface area contributed by atoms with Crippen molar-refractivity contribution in [3.63, 3.8) is 0 Å². The van der Waals surface area contributed by atoms with Crippen LogP contribution in [0.15, 0.2) is 4.99 Å². The molecule has 0 aromatic rings. The van der Waals surface area contributed by atoms with E-state index in [1.807, 2.05) is 0 Å². The van der Waals surface area contributed by atoms with Crippen molar-refractivity contribution in [1.29, 1.82) is 0 Å². The molecular formula is C23H40N4O2. The van der Waals surface area contributed by atoms with Crippen LogP contribution in [0.3, 0.4) is 0 Å². The average Bonchev–Trinajstić information content (AvgIpc) is 3.15. The fourth-order valence-electron chi connectivity index (χ4n) is 6.97. The minimum absolute atomic E-state index is 0.233. The van der Waals surface area contributed by atoms with Crippen LogP contribution >= 0.6 is 0 Å². The van der Waals surface area contributed by atoms with E-state index in [0.29, 0.717) is 23.5 Å². The van der Waals surface area contributed by atoms with E-state index in [2.05, 4.69) is 22.5 Å². The zero-order valence-electron chi connectivity index (χ0n) is 18.3. The Morgan fingerprint density at radius 3 is 2.52 bits per heavy atom. The fraction of sp³-hybridized carbons (Fsp3) is 0.957. The molecule has 2 N–H and O–H groups in total. The highest BCUT2D eigenvalue weighted by atomic mass is 16.5. The molecule has 0 radical (unpaired) electrons. The maximum atomic E-state index is 6.11. The number of hydrogen-bond acceptors (Lipinski definition) is 4. The van der Waals surface area contributed by atoms with Crippen LogP contribution < -0.4 is 10.6 Å². The van der Waals surface area contributed by atoms with Crippen molar-refractivity contribution in [2.45, 2.75) is 82.4 Å². The molecule has 1 spiro atoms. The first-order valence-electron chi connectivity index (χ1n) is 12.3. The third-order valence-electron chi connectivity index (χ3n) is 8.67. The van der Waals surface area contributed by atoms with Gasteiger partial charge in [-0.2, -0.15) is 0 Å². The molecule has 0 aromatic heterocycles. The van der Waals surface area contributed by atoms with Crippen LogP contribution in [0.4, 0.5) is 0 Å². The zero-order chi connectivity index (χ0) is 19.7. The average molecular weight is 405 g/mol. The third-order valence-corrected chi connectivity index (χ3v) is 8.67. The molecule has 2 aliphatic heterocycles. The van der Waals surface area contributed by atoms with Crippen LogP contribution in [-0.4, -0.2) is 74.5 Å². The molecule has 6 heteroatoms. The maximum Gasteiger partial charge on any atom is 0.191 e. The standard InChI is InChI=1S/C23H40N4O2/c1-2-24-21(26-19-18-7-14-29-20(18)23(19)10-6-11-23)25-17-22(8-4-3-5-9-22)27-12-15-28-16-13-27/h18-20H,2-17H2,1H3,(H2,24,25,26). The highest BCUT2D eigenvalue weighted by Crippen LogP contribution is 2.62. The normalized spacial score (nSPS) is 36.2. The molecule has 164 valence electrons. The molecule has 6 nitrogen and oxygen atoms in total. The van der Waals surface area contributed by atoms with Gasteiger partial charge < -0.3 is 20.1 Å². The molecule has 3 aliphatic carbocycles. The number of guanidine groups is 1. The summed E-state index contributed by atoms with van der Waals surface area (Å²) in [5.41, 5.74) is 0.626. The second-order valence-corrected chi connectivity index (χ2v) is 10.0. The van der Waals surface area contributed by atoms with Crippen LogP contribution in [0, 0.1) is 11.3 Å². The lowest BCUT2D eigenvalue weighted by molar-refractivity contribution is -0.171. The Bertz CT molecular complexity index is 594. The van der Waals surface area contributed by atoms with Crippen LogP contribution in [0.2, 0.25) is 0 Å². The summed E-state index contributed by atoms with van der Waals surface area (Å²) in [6.07, 6.45) is 12.3. The SMILES string of the molecule is CCNC(=NCC1(N2CCOCC2)CCCCC1)NC1C2CCOC2C12CCC2. The number of ether oxygens (including phenoxy) is 2. The Morgan fingerprint density at radius 2 is 1.83 bits per heavy atom. The molecule has 5 aliphatic rings. The van der Waals surface area contributed by atoms with Crippen molar-refractivity contribution < 1.29 is 9.47 Å². The number of nitrogens with zero attached hydrogens (tertiary/aromatic N) is 2. The first-order chi connectivity index (χ1) is 14.3. The van der Waals surface area contributed by atoms with Crippen LogP contribution in [0.1, 0.15) is 64.7 Å². The molecule has 29 heavy (non-hydrogen) atoms. The van der Waals surface area contributed by atoms with Crippen molar-refractivity contribution in [1.82, 2.24) is 15.5 Å². The molecule has 5 rings (SSSR count). The van der Waals surface area contributed by atoms with Gasteiger partial charge >= 0.3 is 0 Å². The number of nitrogens with one attached hydrogen (secondary N) is 2. The summed E-state index contributed by atoms with van der Waals surface area (Å²) in [7, 11) is 0. The van der Waals surface area contributed by atoms with Crippen LogP contribution in [-0.2, 0) is 9.47 Å². The Balaban J connectivity index is 1.30. The van der Waals surface area contributed by atoms with Gasteiger partial charge in [0.2, 0.25) is 0 Å². The second kappa shape index (κ2) is 8.35. The Morgan fingerprint density at radius 1 is 1.03 bits per heavy atom. The molecular weight excluding hydrogens is 364 g/mol. The summed E-state index contributed by atoms with van der Waals surface area (Å²) in [6, 6.07) is 0.548. The van der Waals surface area contributed by atoms with E-state index in [1.54, 1.807) is 0 Å². The third kappa shape index (κ3) is 3.49. The zero-order valence-corrected chi connectivity index (χ0v) is 18.3. The summed E-state index contributed by atoms with van der Waals surface area (Å²) in [5, 5.41) is 7.46. The maximum absolute atomic E-state index is 6.11. The van der Waals surface area contributed by atoms with E-state index in [0.717, 1.165) is 52.0 Å². The van der Waals surface area contributed by atoms with Gasteiger partial charge in [-0.3, -0.25) is 9.89 Å². The largest absolute Gasteiger partial charge is 0.379 e. The van der Waals surface area contributed by atoms with Gasteiger partial charge in [0.15, 0.2) is 5.96 Å². The van der Waals surface area contributed by atoms with Gasteiger partial charge in [-0.25, -0.2) is 0 Å². The van der Waals surface area contributed by atoms with E-state index in [4.69, 9.17) is 14.5 Å². The Labute approximate surface area is 176 Å². The fourth-order valence-corrected chi connectivity index (χ4v) is 6.97. The van der Waals surface area contributed by atoms with Gasteiger partial charge in [0, 0.05) is 49.2 Å². The molecule has 0 bridgehead atoms. The minimum Gasteiger partial charge on any atom is -0.379 e. The monoisotopic (exact) mass is 404 g/mol. The second-order valence-electron chi connectivity index (χ2n) is 10.0. The molecule has 0 amide bonds. The van der Waals surface area contributed by atoms with Gasteiger partial charge in [-0.05, 0) is 39.0 Å². The minimum atomic E-state index is 0.233. The number of morpholine rings is 1. The van der Waals surface area contributed by atoms with Crippen molar-refractivity contribution in [2.75, 3.05) is 46.0 Å². The van der Waals surface area contributed by atoms with Gasteiger partial charge in [-0.15, -0.1) is 0 Å². The van der Waals surface area contributed by atoms with Crippen molar-refractivity contribution in [3.8, 4) is 0 Å². The number of fused-ring (bicyclic) bond motifs is 2. The predicted molar refractivity (Wildman–Crippen MR) is 115 cm³/mol. The van der Waals surface area contributed by atoms with Gasteiger partial charge in [0.25, 0.3) is 0 Å². The Kier molecular flexibility index (Phi) is 5.78. The lowest BCUT2D eigenvalue weighted by atomic mass is 9.46. The summed E-state index contributed by atoms with van der Waals surface area (Å²) < 4.78 is 11.8. The first kappa shape index (κ1) is 20.1. The highest BCUT2D eigenvalue weighted by molar-refractivity contribution is 5.80. The van der Waals surface area contributed by atoms with E-state index in [-0.39, 0.29) is 5.54 Å². The molecule has 3 unspecified atom stereocenters. The summed E-state index contributed by atoms with van der Waals surface area (Å²) in [6.45, 7) is 8.82. The molecule has 3 saturated carbocycles. The van der Waals surface area contributed by atoms with Gasteiger partial charge in [0.1, 0.15) is 0 Å². The number of rotatable bonds is 5. The lowest BCUT2D eigenvalue weighted by Crippen LogP contribution is -2.72. The topological polar surface area (TPSA) is 58.1 Å². The van der Waals surface area contributed by atoms with Gasteiger partial charge in [-0.1, -0.05) is 25.7 Å². The molecule has 2 saturated heterocycles. The van der Waals surface area contributed by atoms with Crippen LogP contribution in [0.25, 0.3) is 0 Å². The van der Waals surface area contributed by atoms with Crippen LogP contribution in [0.5, 0.6) is 0 Å². The molecule has 3 atom stereocenters. The van der Waals surface area contributed by atoms with E-state index in [1.165, 1.54) is 57.8 Å². The number of hydrogen-bond donors (Lipinski definition) is 2. The Hall–Kier alpha value is -0.850. The van der Waals surface area contributed by atoms with E-state index < -0.39 is 0 Å². The molecule has 2 heterocycles. The summed E-state index contributed by atoms with van der Waals surface area (Å²) in [5.74, 6) is 1.72. The van der Waals surface area contributed by atoms with Crippen molar-refractivity contribution in [2.24, 2.45) is 16.3 Å². The summed E-state index contributed by atoms with van der Waals surface area (Å²) in [4.78, 5) is 7.91.